The number of unbranched alkanes of at least 4 members (excludes halogenated alkanes) is 1. The highest BCUT2D eigenvalue weighted by Gasteiger charge is 2.45. The third-order valence-electron chi connectivity index (χ3n) is 11.3. The molecular weight excluding hydrogens is 731 g/mol. The number of carbonyl (C=O) groups is 6. The van der Waals surface area contributed by atoms with E-state index >= 15 is 0 Å². The Morgan fingerprint density at radius 3 is 2.37 bits per heavy atom. The summed E-state index contributed by atoms with van der Waals surface area (Å²) in [6.07, 6.45) is 9.65. The number of benzene rings is 2. The number of nitrogens with one attached hydrogen (secondary N) is 4. The third-order valence-corrected chi connectivity index (χ3v) is 11.3. The van der Waals surface area contributed by atoms with Gasteiger partial charge in [0.05, 0.1) is 24.0 Å². The molecule has 7 N–H and O–H groups in total. The number of primary amides is 1. The summed E-state index contributed by atoms with van der Waals surface area (Å²) in [5.41, 5.74) is 4.84. The largest absolute Gasteiger partial charge is 0.384 e. The Kier molecular flexibility index (Phi) is 13.2. The summed E-state index contributed by atoms with van der Waals surface area (Å²) in [6.45, 7) is 3.49. The predicted molar refractivity (Wildman–Crippen MR) is 210 cm³/mol. The summed E-state index contributed by atoms with van der Waals surface area (Å²) in [5, 5.41) is 32.3. The topological polar surface area (TPSA) is 231 Å². The first-order valence-corrected chi connectivity index (χ1v) is 20.2. The van der Waals surface area contributed by atoms with Gasteiger partial charge in [0, 0.05) is 31.1 Å². The van der Waals surface area contributed by atoms with E-state index in [1.807, 2.05) is 30.3 Å². The number of nitrogens with zero attached hydrogens (tertiary/aromatic N) is 4. The number of hydrogen-bond donors (Lipinski definition) is 6. The smallest absolute Gasteiger partial charge is 0.315 e. The van der Waals surface area contributed by atoms with E-state index in [0.29, 0.717) is 37.1 Å². The molecule has 1 saturated heterocycles. The third kappa shape index (κ3) is 10.7. The lowest BCUT2D eigenvalue weighted by Crippen LogP contribution is -2.56. The van der Waals surface area contributed by atoms with Gasteiger partial charge in [-0.05, 0) is 81.2 Å². The maximum Gasteiger partial charge on any atom is 0.315 e. The zero-order chi connectivity index (χ0) is 40.7. The van der Waals surface area contributed by atoms with Crippen LogP contribution in [0.3, 0.4) is 0 Å². The van der Waals surface area contributed by atoms with E-state index < -0.39 is 59.2 Å². The molecule has 57 heavy (non-hydrogen) atoms. The molecule has 6 amide bonds. The second-order valence-corrected chi connectivity index (χ2v) is 16.3. The van der Waals surface area contributed by atoms with Crippen molar-refractivity contribution in [2.75, 3.05) is 13.1 Å². The number of amides is 6. The Bertz CT molecular complexity index is 1950. The van der Waals surface area contributed by atoms with Crippen molar-refractivity contribution in [1.29, 1.82) is 0 Å². The molecule has 0 bridgehead atoms. The number of likely N-dealkylation sites (tertiary alicyclic amines) is 1. The zero-order valence-electron chi connectivity index (χ0n) is 32.7. The Balaban J connectivity index is 1.23. The summed E-state index contributed by atoms with van der Waals surface area (Å²) in [6, 6.07) is 9.00. The number of hydrogen-bond acceptors (Lipinski definition) is 9. The summed E-state index contributed by atoms with van der Waals surface area (Å²) in [5.74, 6) is -3.56. The first kappa shape index (κ1) is 41.3. The van der Waals surface area contributed by atoms with Crippen LogP contribution in [0.2, 0.25) is 0 Å². The second kappa shape index (κ2) is 18.3. The summed E-state index contributed by atoms with van der Waals surface area (Å²) < 4.78 is 1.51. The highest BCUT2D eigenvalue weighted by molar-refractivity contribution is 6.37. The molecule has 1 aliphatic heterocycles. The Hall–Kier alpha value is -5.38. The fraction of sp³-hybridized carbons (Fsp3) is 0.561. The number of urea groups is 1. The summed E-state index contributed by atoms with van der Waals surface area (Å²) in [7, 11) is 0. The van der Waals surface area contributed by atoms with Crippen molar-refractivity contribution in [1.82, 2.24) is 41.2 Å². The van der Waals surface area contributed by atoms with Crippen molar-refractivity contribution >= 4 is 46.2 Å². The van der Waals surface area contributed by atoms with Crippen LogP contribution in [0.5, 0.6) is 0 Å². The number of fused-ring (bicyclic) bond motifs is 1. The molecule has 3 aliphatic rings. The van der Waals surface area contributed by atoms with Crippen molar-refractivity contribution in [2.45, 2.75) is 127 Å². The molecule has 4 atom stereocenters. The number of carbonyl (C=O) groups excluding carboxylic acids is 6. The van der Waals surface area contributed by atoms with Crippen LogP contribution in [0.25, 0.3) is 10.8 Å². The number of nitrogens with two attached hydrogens (primary N) is 1. The molecule has 2 saturated carbocycles. The minimum atomic E-state index is -1.34. The van der Waals surface area contributed by atoms with E-state index in [0.717, 1.165) is 55.7 Å². The monoisotopic (exact) mass is 785 g/mol. The quantitative estimate of drug-likeness (QED) is 0.0872. The molecule has 2 aliphatic carbocycles. The van der Waals surface area contributed by atoms with Crippen LogP contribution in [-0.4, -0.2) is 97.7 Å². The van der Waals surface area contributed by atoms with E-state index in [1.54, 1.807) is 26.0 Å². The molecule has 3 fully saturated rings. The van der Waals surface area contributed by atoms with Crippen molar-refractivity contribution in [3.63, 3.8) is 0 Å². The van der Waals surface area contributed by atoms with Gasteiger partial charge < -0.3 is 37.0 Å². The van der Waals surface area contributed by atoms with Crippen molar-refractivity contribution < 1.29 is 33.9 Å². The lowest BCUT2D eigenvalue weighted by molar-refractivity contribution is -0.142. The van der Waals surface area contributed by atoms with Crippen LogP contribution in [0.1, 0.15) is 113 Å². The van der Waals surface area contributed by atoms with Crippen LogP contribution in [-0.2, 0) is 24.8 Å². The molecule has 3 aromatic rings. The standard InChI is InChI=1S/C41H55N9O7/c1-41(2,57)34-23-44-48-50(34)30-22-33(38(54)46-31(35(51)36(42)52)14-8-9-19-43-40(56)45-29-17-18-29)49(24-30)39(55)32(20-25-10-4-3-5-11-25)47-37(53)28-16-15-26-12-6-7-13-27(26)21-28/h6-7,12-13,15-16,21,23,25,29-33,57H,3-5,8-11,14,17-20,22,24H2,1-2H3,(H2,42,52)(H,46,54)(H,47,53)(H2,43,45,56)/t30-,31?,32?,33-/m0/s1. The Morgan fingerprint density at radius 1 is 0.930 bits per heavy atom. The van der Waals surface area contributed by atoms with Gasteiger partial charge >= 0.3 is 6.03 Å². The van der Waals surface area contributed by atoms with E-state index in [4.69, 9.17) is 5.73 Å². The number of rotatable bonds is 17. The first-order valence-electron chi connectivity index (χ1n) is 20.2. The summed E-state index contributed by atoms with van der Waals surface area (Å²) in [4.78, 5) is 81.6. The van der Waals surface area contributed by atoms with Crippen LogP contribution < -0.4 is 27.0 Å². The van der Waals surface area contributed by atoms with Crippen LogP contribution in [0, 0.1) is 5.92 Å². The highest BCUT2D eigenvalue weighted by Crippen LogP contribution is 2.34. The molecule has 306 valence electrons. The lowest BCUT2D eigenvalue weighted by atomic mass is 9.84. The Labute approximate surface area is 332 Å². The molecule has 0 spiro atoms. The first-order chi connectivity index (χ1) is 27.3. The van der Waals surface area contributed by atoms with Gasteiger partial charge in [-0.3, -0.25) is 24.0 Å². The second-order valence-electron chi connectivity index (χ2n) is 16.3. The molecule has 16 heteroatoms. The predicted octanol–water partition coefficient (Wildman–Crippen LogP) is 2.74. The van der Waals surface area contributed by atoms with Crippen LogP contribution in [0.15, 0.2) is 48.7 Å². The Morgan fingerprint density at radius 2 is 1.67 bits per heavy atom. The SMILES string of the molecule is CC(C)(O)c1cnnn1[C@H]1C[C@@H](C(=O)NC(CCCCNC(=O)NC2CC2)C(=O)C(N)=O)N(C(=O)C(CC2CCCCC2)NC(=O)c2ccc3ccccc3c2)C1. The molecule has 0 radical (unpaired) electrons. The molecule has 2 unspecified atom stereocenters. The summed E-state index contributed by atoms with van der Waals surface area (Å²) >= 11 is 0. The lowest BCUT2D eigenvalue weighted by Gasteiger charge is -2.32. The molecular formula is C41H55N9O7. The average Bonchev–Trinajstić information content (AvgIpc) is 3.65. The van der Waals surface area contributed by atoms with E-state index in [2.05, 4.69) is 31.6 Å². The van der Waals surface area contributed by atoms with Gasteiger partial charge in [-0.15, -0.1) is 5.10 Å². The minimum Gasteiger partial charge on any atom is -0.384 e. The van der Waals surface area contributed by atoms with Gasteiger partial charge in [0.15, 0.2) is 0 Å². The van der Waals surface area contributed by atoms with Crippen molar-refractivity contribution in [3.05, 3.63) is 59.9 Å². The van der Waals surface area contributed by atoms with Gasteiger partial charge in [0.2, 0.25) is 17.6 Å². The van der Waals surface area contributed by atoms with Crippen LogP contribution >= 0.6 is 0 Å². The van der Waals surface area contributed by atoms with Gasteiger partial charge in [-0.2, -0.15) is 0 Å². The number of aromatic nitrogens is 3. The fourth-order valence-electron chi connectivity index (χ4n) is 8.03. The molecule has 2 aromatic carbocycles. The normalized spacial score (nSPS) is 19.7. The maximum absolute atomic E-state index is 14.9. The number of Topliss-reactive ketones (excluding diaryl/α,β-unsaturated/α-hetero) is 1. The molecule has 6 rings (SSSR count). The van der Waals surface area contributed by atoms with Crippen molar-refractivity contribution in [2.24, 2.45) is 11.7 Å². The van der Waals surface area contributed by atoms with E-state index in [1.165, 1.54) is 15.8 Å². The average molecular weight is 786 g/mol. The molecule has 2 heterocycles. The minimum absolute atomic E-state index is 0.000600. The van der Waals surface area contributed by atoms with E-state index in [9.17, 15) is 33.9 Å². The fourth-order valence-corrected chi connectivity index (χ4v) is 8.03. The van der Waals surface area contributed by atoms with E-state index in [-0.39, 0.29) is 37.4 Å². The molecule has 1 aromatic heterocycles. The van der Waals surface area contributed by atoms with Gasteiger partial charge in [-0.25, -0.2) is 9.48 Å². The molecule has 16 nitrogen and oxygen atoms in total. The highest BCUT2D eigenvalue weighted by atomic mass is 16.3. The maximum atomic E-state index is 14.9. The van der Waals surface area contributed by atoms with Gasteiger partial charge in [0.25, 0.3) is 11.8 Å². The number of aliphatic hydroxyl groups is 1. The van der Waals surface area contributed by atoms with Crippen LogP contribution in [0.4, 0.5) is 4.79 Å². The van der Waals surface area contributed by atoms with Gasteiger partial charge in [-0.1, -0.05) is 67.6 Å². The van der Waals surface area contributed by atoms with Crippen molar-refractivity contribution in [3.8, 4) is 0 Å². The van der Waals surface area contributed by atoms with Gasteiger partial charge in [0.1, 0.15) is 17.7 Å². The number of ketones is 1. The zero-order valence-corrected chi connectivity index (χ0v) is 32.7.